The van der Waals surface area contributed by atoms with E-state index in [2.05, 4.69) is 30.7 Å². The summed E-state index contributed by atoms with van der Waals surface area (Å²) in [6, 6.07) is 0.521. The SMILES string of the molecule is CCCc1nc(Cl)c(C)c(N2CCCC(C)C2C)n1. The number of hydrogen-bond acceptors (Lipinski definition) is 3. The molecule has 0 N–H and O–H groups in total. The molecule has 0 bridgehead atoms. The molecule has 1 aliphatic rings. The fourth-order valence-electron chi connectivity index (χ4n) is 2.77. The lowest BCUT2D eigenvalue weighted by Gasteiger charge is -2.39. The van der Waals surface area contributed by atoms with E-state index >= 15 is 0 Å². The van der Waals surface area contributed by atoms with E-state index in [0.29, 0.717) is 17.1 Å². The monoisotopic (exact) mass is 281 g/mol. The number of anilines is 1. The number of piperidine rings is 1. The normalized spacial score (nSPS) is 23.7. The molecule has 1 fully saturated rings. The van der Waals surface area contributed by atoms with Crippen LogP contribution in [0.2, 0.25) is 5.15 Å². The zero-order valence-electron chi connectivity index (χ0n) is 12.4. The maximum Gasteiger partial charge on any atom is 0.137 e. The van der Waals surface area contributed by atoms with Crippen LogP contribution in [0.15, 0.2) is 0 Å². The van der Waals surface area contributed by atoms with Gasteiger partial charge in [-0.05, 0) is 39.0 Å². The number of halogens is 1. The maximum atomic E-state index is 6.28. The summed E-state index contributed by atoms with van der Waals surface area (Å²) < 4.78 is 0. The Morgan fingerprint density at radius 3 is 2.74 bits per heavy atom. The molecule has 19 heavy (non-hydrogen) atoms. The molecule has 2 heterocycles. The average Bonchev–Trinajstić information content (AvgIpc) is 2.37. The molecule has 0 radical (unpaired) electrons. The first-order valence-electron chi connectivity index (χ1n) is 7.34. The Labute approximate surface area is 121 Å². The summed E-state index contributed by atoms with van der Waals surface area (Å²) in [6.07, 6.45) is 4.47. The molecule has 0 spiro atoms. The maximum absolute atomic E-state index is 6.28. The topological polar surface area (TPSA) is 29.0 Å². The van der Waals surface area contributed by atoms with Gasteiger partial charge in [0, 0.05) is 24.6 Å². The van der Waals surface area contributed by atoms with Crippen LogP contribution >= 0.6 is 11.6 Å². The fraction of sp³-hybridized carbons (Fsp3) is 0.733. The molecule has 1 aromatic rings. The van der Waals surface area contributed by atoms with E-state index in [9.17, 15) is 0 Å². The molecule has 2 rings (SSSR count). The predicted molar refractivity (Wildman–Crippen MR) is 81.0 cm³/mol. The molecule has 106 valence electrons. The summed E-state index contributed by atoms with van der Waals surface area (Å²) in [4.78, 5) is 11.6. The van der Waals surface area contributed by atoms with Crippen molar-refractivity contribution in [3.05, 3.63) is 16.5 Å². The van der Waals surface area contributed by atoms with Crippen LogP contribution in [0, 0.1) is 12.8 Å². The van der Waals surface area contributed by atoms with Crippen LogP contribution in [-0.2, 0) is 6.42 Å². The molecule has 2 unspecified atom stereocenters. The number of aryl methyl sites for hydroxylation is 1. The molecular weight excluding hydrogens is 258 g/mol. The Morgan fingerprint density at radius 2 is 2.05 bits per heavy atom. The molecule has 0 saturated carbocycles. The minimum Gasteiger partial charge on any atom is -0.353 e. The molecule has 2 atom stereocenters. The van der Waals surface area contributed by atoms with Gasteiger partial charge in [0.15, 0.2) is 0 Å². The van der Waals surface area contributed by atoms with Crippen LogP contribution in [-0.4, -0.2) is 22.6 Å². The van der Waals surface area contributed by atoms with E-state index in [1.807, 2.05) is 6.92 Å². The van der Waals surface area contributed by atoms with Crippen LogP contribution in [0.25, 0.3) is 0 Å². The van der Waals surface area contributed by atoms with Gasteiger partial charge < -0.3 is 4.90 Å². The lowest BCUT2D eigenvalue weighted by molar-refractivity contribution is 0.361. The van der Waals surface area contributed by atoms with Crippen molar-refractivity contribution in [2.45, 2.75) is 59.4 Å². The second-order valence-corrected chi connectivity index (χ2v) is 6.04. The zero-order chi connectivity index (χ0) is 14.0. The van der Waals surface area contributed by atoms with Gasteiger partial charge in [-0.15, -0.1) is 0 Å². The van der Waals surface area contributed by atoms with E-state index in [1.165, 1.54) is 12.8 Å². The first-order chi connectivity index (χ1) is 9.04. The van der Waals surface area contributed by atoms with E-state index in [-0.39, 0.29) is 0 Å². The zero-order valence-corrected chi connectivity index (χ0v) is 13.2. The van der Waals surface area contributed by atoms with Gasteiger partial charge in [-0.25, -0.2) is 9.97 Å². The summed E-state index contributed by atoms with van der Waals surface area (Å²) in [5.74, 6) is 2.62. The lowest BCUT2D eigenvalue weighted by Crippen LogP contribution is -2.43. The van der Waals surface area contributed by atoms with E-state index in [1.54, 1.807) is 0 Å². The third-order valence-corrected chi connectivity index (χ3v) is 4.59. The highest BCUT2D eigenvalue weighted by atomic mass is 35.5. The molecule has 3 nitrogen and oxygen atoms in total. The van der Waals surface area contributed by atoms with Crippen molar-refractivity contribution in [3.63, 3.8) is 0 Å². The summed E-state index contributed by atoms with van der Waals surface area (Å²) in [5.41, 5.74) is 1.02. The standard InChI is InChI=1S/C15H24ClN3/c1-5-7-13-17-14(16)11(3)15(18-13)19-9-6-8-10(2)12(19)4/h10,12H,5-9H2,1-4H3. The van der Waals surface area contributed by atoms with Crippen molar-refractivity contribution in [1.82, 2.24) is 9.97 Å². The van der Waals surface area contributed by atoms with Crippen molar-refractivity contribution in [3.8, 4) is 0 Å². The third kappa shape index (κ3) is 3.02. The van der Waals surface area contributed by atoms with Gasteiger partial charge in [0.2, 0.25) is 0 Å². The van der Waals surface area contributed by atoms with Crippen molar-refractivity contribution < 1.29 is 0 Å². The predicted octanol–water partition coefficient (Wildman–Crippen LogP) is 4.02. The van der Waals surface area contributed by atoms with Crippen molar-refractivity contribution >= 4 is 17.4 Å². The Bertz CT molecular complexity index is 447. The highest BCUT2D eigenvalue weighted by molar-refractivity contribution is 6.30. The largest absolute Gasteiger partial charge is 0.353 e. The summed E-state index contributed by atoms with van der Waals surface area (Å²) >= 11 is 6.28. The van der Waals surface area contributed by atoms with E-state index in [0.717, 1.165) is 36.6 Å². The van der Waals surface area contributed by atoms with Crippen LogP contribution in [0.5, 0.6) is 0 Å². The quantitative estimate of drug-likeness (QED) is 0.784. The fourth-order valence-corrected chi connectivity index (χ4v) is 2.95. The molecule has 0 aromatic carbocycles. The summed E-state index contributed by atoms with van der Waals surface area (Å²) in [7, 11) is 0. The first-order valence-corrected chi connectivity index (χ1v) is 7.72. The molecule has 0 amide bonds. The Morgan fingerprint density at radius 1 is 1.32 bits per heavy atom. The van der Waals surface area contributed by atoms with E-state index < -0.39 is 0 Å². The molecule has 1 saturated heterocycles. The second kappa shape index (κ2) is 6.08. The second-order valence-electron chi connectivity index (χ2n) is 5.68. The van der Waals surface area contributed by atoms with Gasteiger partial charge in [-0.3, -0.25) is 0 Å². The van der Waals surface area contributed by atoms with Crippen LogP contribution in [0.3, 0.4) is 0 Å². The van der Waals surface area contributed by atoms with Gasteiger partial charge in [0.25, 0.3) is 0 Å². The van der Waals surface area contributed by atoms with Gasteiger partial charge in [0.05, 0.1) is 0 Å². The number of rotatable bonds is 3. The van der Waals surface area contributed by atoms with E-state index in [4.69, 9.17) is 16.6 Å². The van der Waals surface area contributed by atoms with Crippen molar-refractivity contribution in [2.75, 3.05) is 11.4 Å². The molecule has 4 heteroatoms. The van der Waals surface area contributed by atoms with Gasteiger partial charge in [-0.2, -0.15) is 0 Å². The van der Waals surface area contributed by atoms with Crippen LogP contribution < -0.4 is 4.90 Å². The van der Waals surface area contributed by atoms with Gasteiger partial charge in [-0.1, -0.05) is 25.4 Å². The van der Waals surface area contributed by atoms with Crippen LogP contribution in [0.4, 0.5) is 5.82 Å². The van der Waals surface area contributed by atoms with Crippen LogP contribution in [0.1, 0.15) is 51.4 Å². The third-order valence-electron chi connectivity index (χ3n) is 4.23. The first kappa shape index (κ1) is 14.6. The molecule has 0 aliphatic carbocycles. The smallest absolute Gasteiger partial charge is 0.137 e. The summed E-state index contributed by atoms with van der Waals surface area (Å²) in [6.45, 7) is 9.85. The Balaban J connectivity index is 2.37. The molecular formula is C15H24ClN3. The highest BCUT2D eigenvalue weighted by Gasteiger charge is 2.27. The molecule has 1 aliphatic heterocycles. The minimum atomic E-state index is 0.521. The number of hydrogen-bond donors (Lipinski definition) is 0. The highest BCUT2D eigenvalue weighted by Crippen LogP contribution is 2.31. The van der Waals surface area contributed by atoms with Crippen molar-refractivity contribution in [1.29, 1.82) is 0 Å². The molecule has 1 aromatic heterocycles. The minimum absolute atomic E-state index is 0.521. The average molecular weight is 282 g/mol. The lowest BCUT2D eigenvalue weighted by atomic mass is 9.92. The number of nitrogens with zero attached hydrogens (tertiary/aromatic N) is 3. The Kier molecular flexibility index (Phi) is 4.67. The number of aromatic nitrogens is 2. The van der Waals surface area contributed by atoms with Crippen molar-refractivity contribution in [2.24, 2.45) is 5.92 Å². The Hall–Kier alpha value is -0.830. The van der Waals surface area contributed by atoms with Gasteiger partial charge in [0.1, 0.15) is 16.8 Å². The summed E-state index contributed by atoms with van der Waals surface area (Å²) in [5, 5.41) is 0.610. The van der Waals surface area contributed by atoms with Gasteiger partial charge >= 0.3 is 0 Å².